The van der Waals surface area contributed by atoms with Gasteiger partial charge in [0.2, 0.25) is 5.84 Å². The number of carbonyl (C=O) groups is 1. The van der Waals surface area contributed by atoms with Crippen LogP contribution in [-0.4, -0.2) is 22.0 Å². The van der Waals surface area contributed by atoms with E-state index in [0.29, 0.717) is 22.5 Å². The molecule has 0 amide bonds. The molecule has 12 heteroatoms. The van der Waals surface area contributed by atoms with Crippen LogP contribution < -0.4 is 40.2 Å². The van der Waals surface area contributed by atoms with Crippen LogP contribution in [0.15, 0.2) is 93.0 Å². The second kappa shape index (κ2) is 12.9. The Morgan fingerprint density at radius 3 is 2.47 bits per heavy atom. The van der Waals surface area contributed by atoms with Gasteiger partial charge in [-0.15, -0.1) is 10.2 Å². The molecular formula is C20H15N4NaO6S. The molecule has 0 fully saturated rings. The number of nitrogens with zero attached hydrogens (tertiary/aromatic N) is 3. The molecule has 0 aliphatic carbocycles. The number of carboxylic acids is 1. The minimum absolute atomic E-state index is 0. The molecule has 3 aromatic carbocycles. The van der Waals surface area contributed by atoms with Gasteiger partial charge in [-0.25, -0.2) is 4.79 Å². The molecule has 0 aliphatic heterocycles. The van der Waals surface area contributed by atoms with E-state index >= 15 is 0 Å². The number of rotatable bonds is 8. The molecule has 0 aliphatic rings. The number of nitrogens with one attached hydrogen (secondary N) is 1. The predicted octanol–water partition coefficient (Wildman–Crippen LogP) is 0.883. The van der Waals surface area contributed by atoms with Crippen molar-refractivity contribution in [2.45, 2.75) is 4.90 Å². The molecule has 0 atom stereocenters. The molecule has 3 rings (SSSR count). The van der Waals surface area contributed by atoms with Crippen molar-refractivity contribution in [2.24, 2.45) is 15.3 Å². The van der Waals surface area contributed by atoms with Crippen molar-refractivity contribution in [3.63, 3.8) is 0 Å². The number of anilines is 1. The first-order valence-corrected chi connectivity index (χ1v) is 9.42. The first-order valence-electron chi connectivity index (χ1n) is 8.68. The molecule has 0 aromatic heterocycles. The van der Waals surface area contributed by atoms with Crippen molar-refractivity contribution in [3.8, 4) is 5.75 Å². The van der Waals surface area contributed by atoms with Gasteiger partial charge < -0.3 is 15.5 Å². The number of hydrogen-bond donors (Lipinski definition) is 3. The van der Waals surface area contributed by atoms with E-state index in [1.54, 1.807) is 36.4 Å². The van der Waals surface area contributed by atoms with Gasteiger partial charge in [0.15, 0.2) is 0 Å². The Hall–Kier alpha value is -2.77. The fraction of sp³-hybridized carbons (Fsp3) is 0. The standard InChI is InChI=1S/C20H16N4O6S.Na/c25-18-11-10-14(31-30-29-28)12-17(18)22-24-19(13-6-2-1-3-7-13)23-21-16-9-5-4-8-15(16)20(26)27;/h1-12,22,25,28H,(H,26,27);/q;+1/p-1. The van der Waals surface area contributed by atoms with E-state index in [9.17, 15) is 20.3 Å². The quantitative estimate of drug-likeness (QED) is 0.0653. The van der Waals surface area contributed by atoms with Gasteiger partial charge in [0, 0.05) is 10.5 Å². The second-order valence-corrected chi connectivity index (χ2v) is 6.61. The Kier molecular flexibility index (Phi) is 10.3. The summed E-state index contributed by atoms with van der Waals surface area (Å²) in [6, 6.07) is 19.4. The number of benzene rings is 3. The van der Waals surface area contributed by atoms with Crippen LogP contribution in [0.1, 0.15) is 15.9 Å². The van der Waals surface area contributed by atoms with Gasteiger partial charge in [0.05, 0.1) is 23.3 Å². The summed E-state index contributed by atoms with van der Waals surface area (Å²) in [5.41, 5.74) is 3.64. The second-order valence-electron chi connectivity index (χ2n) is 5.83. The molecule has 3 N–H and O–H groups in total. The molecule has 3 aromatic rings. The van der Waals surface area contributed by atoms with Gasteiger partial charge in [0.1, 0.15) is 11.4 Å². The third-order valence-corrected chi connectivity index (χ3v) is 4.40. The number of carboxylic acid groups (broad SMARTS) is 1. The van der Waals surface area contributed by atoms with Gasteiger partial charge in [-0.1, -0.05) is 42.5 Å². The molecule has 0 saturated carbocycles. The van der Waals surface area contributed by atoms with Crippen LogP contribution in [0.5, 0.6) is 5.75 Å². The van der Waals surface area contributed by atoms with E-state index in [1.807, 2.05) is 6.07 Å². The molecule has 0 heterocycles. The monoisotopic (exact) mass is 462 g/mol. The van der Waals surface area contributed by atoms with Crippen molar-refractivity contribution in [1.29, 1.82) is 0 Å². The molecule has 32 heavy (non-hydrogen) atoms. The first kappa shape index (κ1) is 25.5. The summed E-state index contributed by atoms with van der Waals surface area (Å²) < 4.78 is 4.26. The Balaban J connectivity index is 0.00000363. The van der Waals surface area contributed by atoms with Gasteiger partial charge in [-0.2, -0.15) is 9.44 Å². The van der Waals surface area contributed by atoms with Crippen LogP contribution in [0.3, 0.4) is 0 Å². The Bertz CT molecular complexity index is 1110. The summed E-state index contributed by atoms with van der Waals surface area (Å²) in [4.78, 5) is 11.8. The number of aromatic carboxylic acids is 1. The molecule has 0 spiro atoms. The Morgan fingerprint density at radius 2 is 1.75 bits per heavy atom. The average Bonchev–Trinajstić information content (AvgIpc) is 2.80. The van der Waals surface area contributed by atoms with Crippen LogP contribution in [0, 0.1) is 0 Å². The molecule has 0 bridgehead atoms. The number of hydrazone groups is 1. The van der Waals surface area contributed by atoms with Crippen LogP contribution in [0.4, 0.5) is 11.4 Å². The smallest absolute Gasteiger partial charge is 0.691 e. The summed E-state index contributed by atoms with van der Waals surface area (Å²) in [6.07, 6.45) is 0. The van der Waals surface area contributed by atoms with Gasteiger partial charge in [-0.3, -0.25) is 10.5 Å². The minimum Gasteiger partial charge on any atom is -0.691 e. The SMILES string of the molecule is O=C(O)c1ccccc1N=NC(=NNc1cc(SOO[O-])ccc1O)c1ccccc1.[Na+]. The third kappa shape index (κ3) is 7.14. The summed E-state index contributed by atoms with van der Waals surface area (Å²) in [6.45, 7) is 0. The maximum absolute atomic E-state index is 11.4. The number of phenols is 1. The number of amidine groups is 1. The maximum Gasteiger partial charge on any atom is 1.00 e. The maximum atomic E-state index is 11.4. The molecule has 158 valence electrons. The largest absolute Gasteiger partial charge is 1.00 e. The van der Waals surface area contributed by atoms with Gasteiger partial charge >= 0.3 is 35.5 Å². The van der Waals surface area contributed by atoms with Crippen LogP contribution in [0.2, 0.25) is 0 Å². The molecule has 10 nitrogen and oxygen atoms in total. The normalized spacial score (nSPS) is 11.2. The van der Waals surface area contributed by atoms with Crippen LogP contribution in [-0.2, 0) is 9.37 Å². The van der Waals surface area contributed by atoms with Crippen molar-refractivity contribution in [2.75, 3.05) is 5.43 Å². The Labute approximate surface area is 209 Å². The van der Waals surface area contributed by atoms with Gasteiger partial charge in [0.25, 0.3) is 0 Å². The third-order valence-electron chi connectivity index (χ3n) is 3.83. The number of phenolic OH excluding ortho intramolecular Hbond substituents is 1. The molecule has 0 saturated heterocycles. The summed E-state index contributed by atoms with van der Waals surface area (Å²) in [5.74, 6) is -1.11. The van der Waals surface area contributed by atoms with E-state index in [1.165, 1.54) is 30.3 Å². The van der Waals surface area contributed by atoms with Gasteiger partial charge in [-0.05, 0) is 30.3 Å². The zero-order valence-corrected chi connectivity index (χ0v) is 19.5. The summed E-state index contributed by atoms with van der Waals surface area (Å²) >= 11 is 0.654. The van der Waals surface area contributed by atoms with E-state index < -0.39 is 5.97 Å². The fourth-order valence-corrected chi connectivity index (χ4v) is 2.79. The molecule has 0 radical (unpaired) electrons. The topological polar surface area (TPSA) is 148 Å². The van der Waals surface area contributed by atoms with E-state index in [-0.39, 0.29) is 58.1 Å². The van der Waals surface area contributed by atoms with E-state index in [0.717, 1.165) is 0 Å². The number of azo groups is 1. The first-order chi connectivity index (χ1) is 15.1. The predicted molar refractivity (Wildman–Crippen MR) is 111 cm³/mol. The number of hydrogen-bond acceptors (Lipinski definition) is 9. The van der Waals surface area contributed by atoms with Crippen LogP contribution in [0.25, 0.3) is 0 Å². The molecule has 0 unspecified atom stereocenters. The number of aromatic hydroxyl groups is 1. The zero-order valence-electron chi connectivity index (χ0n) is 16.7. The van der Waals surface area contributed by atoms with Crippen molar-refractivity contribution in [3.05, 3.63) is 83.9 Å². The Morgan fingerprint density at radius 1 is 1.03 bits per heavy atom. The fourth-order valence-electron chi connectivity index (χ4n) is 2.40. The van der Waals surface area contributed by atoms with E-state index in [4.69, 9.17) is 0 Å². The molecular weight excluding hydrogens is 447 g/mol. The van der Waals surface area contributed by atoms with Crippen molar-refractivity contribution >= 4 is 35.2 Å². The van der Waals surface area contributed by atoms with Crippen molar-refractivity contribution in [1.82, 2.24) is 0 Å². The van der Waals surface area contributed by atoms with Crippen LogP contribution >= 0.6 is 12.0 Å². The summed E-state index contributed by atoms with van der Waals surface area (Å²) in [5, 5.41) is 45.0. The summed E-state index contributed by atoms with van der Waals surface area (Å²) in [7, 11) is 0. The van der Waals surface area contributed by atoms with E-state index in [2.05, 4.69) is 30.1 Å². The minimum atomic E-state index is -1.13. The van der Waals surface area contributed by atoms with Crippen molar-refractivity contribution < 1.29 is 59.2 Å². The zero-order chi connectivity index (χ0) is 22.1. The average molecular weight is 462 g/mol.